The largest absolute Gasteiger partial charge is 0.462 e. The first-order chi connectivity index (χ1) is 9.74. The van der Waals surface area contributed by atoms with Crippen LogP contribution >= 0.6 is 0 Å². The normalized spacial score (nSPS) is 10.4. The molecular weight excluding hydrogens is 254 g/mol. The van der Waals surface area contributed by atoms with Crippen LogP contribution in [-0.2, 0) is 4.74 Å². The van der Waals surface area contributed by atoms with Crippen molar-refractivity contribution in [3.8, 4) is 0 Å². The third-order valence-electron chi connectivity index (χ3n) is 3.25. The van der Waals surface area contributed by atoms with Crippen molar-refractivity contribution < 1.29 is 9.53 Å². The summed E-state index contributed by atoms with van der Waals surface area (Å²) in [6.07, 6.45) is 11.1. The summed E-state index contributed by atoms with van der Waals surface area (Å²) in [6.45, 7) is 2.67. The molecule has 0 aliphatic heterocycles. The molecule has 1 rings (SSSR count). The molecule has 0 atom stereocenters. The summed E-state index contributed by atoms with van der Waals surface area (Å²) in [6, 6.07) is 2.81. The molecule has 4 nitrogen and oxygen atoms in total. The standard InChI is InChI=1S/C16H25NO3/c1-2-3-4-5-6-7-8-9-12-20-16(19)14-10-11-15(18)17-13-14/h10-11,13H,2-9,12H2,1H3,(H,17,18). The molecule has 1 aromatic heterocycles. The molecule has 0 fully saturated rings. The number of carbonyl (C=O) groups is 1. The molecule has 0 unspecified atom stereocenters. The van der Waals surface area contributed by atoms with Crippen LogP contribution in [-0.4, -0.2) is 17.6 Å². The third kappa shape index (κ3) is 7.12. The zero-order valence-electron chi connectivity index (χ0n) is 12.3. The van der Waals surface area contributed by atoms with Crippen molar-refractivity contribution in [3.05, 3.63) is 34.2 Å². The average Bonchev–Trinajstić information content (AvgIpc) is 2.46. The van der Waals surface area contributed by atoms with Crippen LogP contribution in [0.4, 0.5) is 0 Å². The maximum atomic E-state index is 11.6. The van der Waals surface area contributed by atoms with Crippen molar-refractivity contribution in [3.63, 3.8) is 0 Å². The number of unbranched alkanes of at least 4 members (excludes halogenated alkanes) is 7. The monoisotopic (exact) mass is 279 g/mol. The molecule has 0 bridgehead atoms. The minimum absolute atomic E-state index is 0.218. The van der Waals surface area contributed by atoms with Gasteiger partial charge in [-0.1, -0.05) is 51.9 Å². The first-order valence-electron chi connectivity index (χ1n) is 7.60. The Kier molecular flexibility index (Phi) is 8.43. The Labute approximate surface area is 120 Å². The van der Waals surface area contributed by atoms with E-state index in [0.29, 0.717) is 12.2 Å². The maximum absolute atomic E-state index is 11.6. The Hall–Kier alpha value is -1.58. The summed E-state index contributed by atoms with van der Waals surface area (Å²) in [5, 5.41) is 0. The Bertz CT molecular complexity index is 419. The second kappa shape index (κ2) is 10.2. The molecule has 1 N–H and O–H groups in total. The fourth-order valence-corrected chi connectivity index (χ4v) is 2.02. The van der Waals surface area contributed by atoms with Gasteiger partial charge in [0.05, 0.1) is 12.2 Å². The van der Waals surface area contributed by atoms with Gasteiger partial charge in [0.25, 0.3) is 0 Å². The molecule has 0 saturated heterocycles. The molecule has 0 spiro atoms. The zero-order valence-corrected chi connectivity index (χ0v) is 12.3. The van der Waals surface area contributed by atoms with Gasteiger partial charge in [-0.05, 0) is 12.5 Å². The Morgan fingerprint density at radius 1 is 1.05 bits per heavy atom. The lowest BCUT2D eigenvalue weighted by atomic mass is 10.1. The molecule has 4 heteroatoms. The van der Waals surface area contributed by atoms with E-state index in [1.54, 1.807) is 0 Å². The Morgan fingerprint density at radius 3 is 2.30 bits per heavy atom. The number of nitrogens with one attached hydrogen (secondary N) is 1. The fourth-order valence-electron chi connectivity index (χ4n) is 2.02. The summed E-state index contributed by atoms with van der Waals surface area (Å²) in [5.41, 5.74) is 0.175. The molecule has 1 aromatic rings. The van der Waals surface area contributed by atoms with Gasteiger partial charge >= 0.3 is 5.97 Å². The van der Waals surface area contributed by atoms with Crippen LogP contribution in [0.1, 0.15) is 68.6 Å². The quantitative estimate of drug-likeness (QED) is 0.525. The van der Waals surface area contributed by atoms with Crippen LogP contribution in [0.25, 0.3) is 0 Å². The van der Waals surface area contributed by atoms with E-state index in [-0.39, 0.29) is 11.5 Å². The van der Waals surface area contributed by atoms with Crippen LogP contribution < -0.4 is 5.56 Å². The summed E-state index contributed by atoms with van der Waals surface area (Å²) < 4.78 is 5.15. The van der Waals surface area contributed by atoms with Gasteiger partial charge in [0.1, 0.15) is 0 Å². The number of aromatic amines is 1. The second-order valence-electron chi connectivity index (χ2n) is 5.05. The number of aromatic nitrogens is 1. The predicted molar refractivity (Wildman–Crippen MR) is 80.0 cm³/mol. The number of H-pyrrole nitrogens is 1. The maximum Gasteiger partial charge on any atom is 0.339 e. The molecule has 0 aliphatic carbocycles. The summed E-state index contributed by atoms with van der Waals surface area (Å²) >= 11 is 0. The summed E-state index contributed by atoms with van der Waals surface area (Å²) in [4.78, 5) is 24.9. The zero-order chi connectivity index (χ0) is 14.6. The van der Waals surface area contributed by atoms with Gasteiger partial charge in [-0.3, -0.25) is 4.79 Å². The Balaban J connectivity index is 2.02. The highest BCUT2D eigenvalue weighted by atomic mass is 16.5. The van der Waals surface area contributed by atoms with E-state index in [1.165, 1.54) is 56.9 Å². The number of carbonyl (C=O) groups excluding carboxylic acids is 1. The number of esters is 1. The number of ether oxygens (including phenoxy) is 1. The van der Waals surface area contributed by atoms with Gasteiger partial charge in [0.15, 0.2) is 0 Å². The van der Waals surface area contributed by atoms with Gasteiger partial charge in [0, 0.05) is 12.3 Å². The molecule has 0 aromatic carbocycles. The van der Waals surface area contributed by atoms with E-state index in [1.807, 2.05) is 0 Å². The fraction of sp³-hybridized carbons (Fsp3) is 0.625. The lowest BCUT2D eigenvalue weighted by Crippen LogP contribution is -2.10. The van der Waals surface area contributed by atoms with E-state index in [2.05, 4.69) is 11.9 Å². The highest BCUT2D eigenvalue weighted by Gasteiger charge is 2.06. The third-order valence-corrected chi connectivity index (χ3v) is 3.25. The molecule has 0 radical (unpaired) electrons. The minimum atomic E-state index is -0.371. The van der Waals surface area contributed by atoms with E-state index in [9.17, 15) is 9.59 Å². The van der Waals surface area contributed by atoms with Crippen molar-refractivity contribution in [2.24, 2.45) is 0 Å². The van der Waals surface area contributed by atoms with Crippen LogP contribution in [0.2, 0.25) is 0 Å². The Morgan fingerprint density at radius 2 is 1.70 bits per heavy atom. The van der Waals surface area contributed by atoms with Gasteiger partial charge in [-0.15, -0.1) is 0 Å². The van der Waals surface area contributed by atoms with E-state index in [0.717, 1.165) is 12.8 Å². The van der Waals surface area contributed by atoms with Crippen molar-refractivity contribution >= 4 is 5.97 Å². The van der Waals surface area contributed by atoms with Crippen LogP contribution in [0.5, 0.6) is 0 Å². The van der Waals surface area contributed by atoms with Crippen molar-refractivity contribution in [1.29, 1.82) is 0 Å². The first-order valence-corrected chi connectivity index (χ1v) is 7.60. The number of hydrogen-bond acceptors (Lipinski definition) is 3. The molecule has 20 heavy (non-hydrogen) atoms. The van der Waals surface area contributed by atoms with Gasteiger partial charge in [0.2, 0.25) is 5.56 Å². The molecule has 0 amide bonds. The summed E-state index contributed by atoms with van der Waals surface area (Å²) in [7, 11) is 0. The molecular formula is C16H25NO3. The van der Waals surface area contributed by atoms with E-state index < -0.39 is 0 Å². The minimum Gasteiger partial charge on any atom is -0.462 e. The van der Waals surface area contributed by atoms with Gasteiger partial charge in [-0.2, -0.15) is 0 Å². The second-order valence-corrected chi connectivity index (χ2v) is 5.05. The van der Waals surface area contributed by atoms with Crippen LogP contribution in [0.15, 0.2) is 23.1 Å². The van der Waals surface area contributed by atoms with Gasteiger partial charge < -0.3 is 9.72 Å². The van der Waals surface area contributed by atoms with E-state index in [4.69, 9.17) is 4.74 Å². The summed E-state index contributed by atoms with van der Waals surface area (Å²) in [5.74, 6) is -0.371. The van der Waals surface area contributed by atoms with Crippen molar-refractivity contribution in [1.82, 2.24) is 4.98 Å². The van der Waals surface area contributed by atoms with Crippen LogP contribution in [0, 0.1) is 0 Å². The number of hydrogen-bond donors (Lipinski definition) is 1. The number of pyridine rings is 1. The number of rotatable bonds is 10. The lowest BCUT2D eigenvalue weighted by Gasteiger charge is -2.04. The smallest absolute Gasteiger partial charge is 0.339 e. The lowest BCUT2D eigenvalue weighted by molar-refractivity contribution is 0.0497. The highest BCUT2D eigenvalue weighted by molar-refractivity contribution is 5.88. The SMILES string of the molecule is CCCCCCCCCCOC(=O)c1ccc(=O)[nH]c1. The van der Waals surface area contributed by atoms with Crippen LogP contribution in [0.3, 0.4) is 0 Å². The van der Waals surface area contributed by atoms with Crippen molar-refractivity contribution in [2.45, 2.75) is 58.3 Å². The van der Waals surface area contributed by atoms with E-state index >= 15 is 0 Å². The molecule has 1 heterocycles. The predicted octanol–water partition coefficient (Wildman–Crippen LogP) is 3.67. The molecule has 0 saturated carbocycles. The first kappa shape index (κ1) is 16.5. The van der Waals surface area contributed by atoms with Crippen molar-refractivity contribution in [2.75, 3.05) is 6.61 Å². The topological polar surface area (TPSA) is 59.2 Å². The highest BCUT2D eigenvalue weighted by Crippen LogP contribution is 2.08. The average molecular weight is 279 g/mol. The molecule has 0 aliphatic rings. The van der Waals surface area contributed by atoms with Gasteiger partial charge in [-0.25, -0.2) is 4.79 Å². The molecule has 112 valence electrons.